The van der Waals surface area contributed by atoms with Crippen molar-refractivity contribution in [2.75, 3.05) is 6.54 Å². The van der Waals surface area contributed by atoms with Crippen molar-refractivity contribution in [2.24, 2.45) is 5.92 Å². The van der Waals surface area contributed by atoms with Gasteiger partial charge in [0.05, 0.1) is 17.7 Å². The molecule has 2 atom stereocenters. The van der Waals surface area contributed by atoms with Gasteiger partial charge in [-0.3, -0.25) is 0 Å². The Labute approximate surface area is 107 Å². The molecule has 98 valence electrons. The highest BCUT2D eigenvalue weighted by atomic mass is 19.1. The van der Waals surface area contributed by atoms with Crippen LogP contribution in [0.5, 0.6) is 0 Å². The number of nitrogens with zero attached hydrogens (tertiary/aromatic N) is 1. The number of benzene rings is 1. The maximum Gasteiger partial charge on any atom is 0.129 e. The minimum absolute atomic E-state index is 0.163. The number of aliphatic hydroxyl groups excluding tert-OH is 1. The average Bonchev–Trinajstić information content (AvgIpc) is 2.34. The van der Waals surface area contributed by atoms with Gasteiger partial charge in [0.15, 0.2) is 0 Å². The molecule has 2 unspecified atom stereocenters. The molecule has 0 fully saturated rings. The zero-order valence-electron chi connectivity index (χ0n) is 10.9. The summed E-state index contributed by atoms with van der Waals surface area (Å²) in [5, 5.41) is 21.4. The number of nitrogens with one attached hydrogen (secondary N) is 1. The second kappa shape index (κ2) is 6.48. The van der Waals surface area contributed by atoms with Crippen LogP contribution in [0.1, 0.15) is 37.9 Å². The molecule has 1 aromatic rings. The molecular weight excluding hydrogens is 231 g/mol. The van der Waals surface area contributed by atoms with E-state index in [0.29, 0.717) is 17.7 Å². The molecule has 18 heavy (non-hydrogen) atoms. The molecule has 0 saturated carbocycles. The number of hydrogen-bond acceptors (Lipinski definition) is 3. The Bertz CT molecular complexity index is 440. The predicted molar refractivity (Wildman–Crippen MR) is 68.4 cm³/mol. The van der Waals surface area contributed by atoms with Gasteiger partial charge in [-0.15, -0.1) is 0 Å². The maximum atomic E-state index is 13.7. The number of hydrogen-bond donors (Lipinski definition) is 2. The normalized spacial score (nSPS) is 14.3. The van der Waals surface area contributed by atoms with Crippen molar-refractivity contribution in [2.45, 2.75) is 32.9 Å². The summed E-state index contributed by atoms with van der Waals surface area (Å²) in [7, 11) is 0. The van der Waals surface area contributed by atoms with Gasteiger partial charge >= 0.3 is 0 Å². The third kappa shape index (κ3) is 3.80. The van der Waals surface area contributed by atoms with Crippen LogP contribution in [0.25, 0.3) is 0 Å². The summed E-state index contributed by atoms with van der Waals surface area (Å²) in [5.74, 6) is -0.233. The van der Waals surface area contributed by atoms with Crippen LogP contribution in [-0.4, -0.2) is 17.8 Å². The van der Waals surface area contributed by atoms with E-state index in [1.165, 1.54) is 6.07 Å². The molecule has 0 aliphatic heterocycles. The Morgan fingerprint density at radius 3 is 2.56 bits per heavy atom. The fourth-order valence-electron chi connectivity index (χ4n) is 1.59. The van der Waals surface area contributed by atoms with Gasteiger partial charge in [-0.2, -0.15) is 5.26 Å². The van der Waals surface area contributed by atoms with Crippen LogP contribution < -0.4 is 5.32 Å². The zero-order chi connectivity index (χ0) is 13.7. The van der Waals surface area contributed by atoms with Crippen LogP contribution in [-0.2, 0) is 0 Å². The van der Waals surface area contributed by atoms with Crippen molar-refractivity contribution >= 4 is 0 Å². The van der Waals surface area contributed by atoms with Gasteiger partial charge in [0.2, 0.25) is 0 Å². The lowest BCUT2D eigenvalue weighted by Gasteiger charge is -2.20. The molecule has 0 aliphatic carbocycles. The quantitative estimate of drug-likeness (QED) is 0.843. The van der Waals surface area contributed by atoms with Crippen LogP contribution in [0.2, 0.25) is 0 Å². The van der Waals surface area contributed by atoms with Crippen LogP contribution in [0, 0.1) is 23.1 Å². The van der Waals surface area contributed by atoms with E-state index >= 15 is 0 Å². The molecule has 0 spiro atoms. The summed E-state index contributed by atoms with van der Waals surface area (Å²) in [4.78, 5) is 0. The fraction of sp³-hybridized carbons (Fsp3) is 0.500. The lowest BCUT2D eigenvalue weighted by molar-refractivity contribution is 0.120. The maximum absolute atomic E-state index is 13.7. The third-order valence-corrected chi connectivity index (χ3v) is 3.00. The Morgan fingerprint density at radius 2 is 2.06 bits per heavy atom. The summed E-state index contributed by atoms with van der Waals surface area (Å²) in [6, 6.07) is 6.12. The number of nitriles is 1. The predicted octanol–water partition coefficient (Wildman–Crippen LogP) is 2.36. The molecule has 0 radical (unpaired) electrons. The number of rotatable bonds is 5. The van der Waals surface area contributed by atoms with E-state index in [-0.39, 0.29) is 12.0 Å². The molecule has 3 nitrogen and oxygen atoms in total. The largest absolute Gasteiger partial charge is 0.392 e. The first-order valence-electron chi connectivity index (χ1n) is 6.06. The molecule has 4 heteroatoms. The molecule has 1 rings (SSSR count). The first kappa shape index (κ1) is 14.6. The van der Waals surface area contributed by atoms with E-state index in [4.69, 9.17) is 5.26 Å². The molecule has 0 bridgehead atoms. The van der Waals surface area contributed by atoms with Crippen molar-refractivity contribution in [3.63, 3.8) is 0 Å². The van der Waals surface area contributed by atoms with Gasteiger partial charge in [-0.25, -0.2) is 4.39 Å². The van der Waals surface area contributed by atoms with E-state index in [9.17, 15) is 9.50 Å². The Hall–Kier alpha value is -1.44. The second-order valence-corrected chi connectivity index (χ2v) is 4.79. The van der Waals surface area contributed by atoms with Gasteiger partial charge in [0.1, 0.15) is 5.82 Å². The Morgan fingerprint density at radius 1 is 1.39 bits per heavy atom. The van der Waals surface area contributed by atoms with E-state index in [0.717, 1.165) is 0 Å². The van der Waals surface area contributed by atoms with Crippen molar-refractivity contribution < 1.29 is 9.50 Å². The minimum atomic E-state index is -0.450. The zero-order valence-corrected chi connectivity index (χ0v) is 10.9. The fourth-order valence-corrected chi connectivity index (χ4v) is 1.59. The second-order valence-electron chi connectivity index (χ2n) is 4.79. The van der Waals surface area contributed by atoms with E-state index in [1.807, 2.05) is 26.8 Å². The highest BCUT2D eigenvalue weighted by Crippen LogP contribution is 2.18. The van der Waals surface area contributed by atoms with Gasteiger partial charge in [0.25, 0.3) is 0 Å². The van der Waals surface area contributed by atoms with Gasteiger partial charge in [-0.1, -0.05) is 19.9 Å². The molecule has 0 aliphatic rings. The summed E-state index contributed by atoms with van der Waals surface area (Å²) in [5.41, 5.74) is 0.815. The monoisotopic (exact) mass is 250 g/mol. The average molecular weight is 250 g/mol. The standard InChI is InChI=1S/C14H19FN2O/c1-9(2)14(18)8-17-10(3)12-5-4-11(7-16)6-13(12)15/h4-6,9-10,14,17-18H,8H2,1-3H3. The lowest BCUT2D eigenvalue weighted by atomic mass is 10.0. The van der Waals surface area contributed by atoms with Crippen LogP contribution in [0.15, 0.2) is 18.2 Å². The van der Waals surface area contributed by atoms with Gasteiger partial charge in [-0.05, 0) is 25.0 Å². The lowest BCUT2D eigenvalue weighted by Crippen LogP contribution is -2.32. The van der Waals surface area contributed by atoms with E-state index in [1.54, 1.807) is 12.1 Å². The first-order chi connectivity index (χ1) is 8.45. The Balaban J connectivity index is 2.67. The van der Waals surface area contributed by atoms with Crippen molar-refractivity contribution in [3.8, 4) is 6.07 Å². The topological polar surface area (TPSA) is 56.0 Å². The van der Waals surface area contributed by atoms with Crippen molar-refractivity contribution in [1.82, 2.24) is 5.32 Å². The summed E-state index contributed by atoms with van der Waals surface area (Å²) in [6.07, 6.45) is -0.450. The molecule has 0 amide bonds. The van der Waals surface area contributed by atoms with E-state index < -0.39 is 11.9 Å². The molecule has 0 saturated heterocycles. The molecule has 0 heterocycles. The highest BCUT2D eigenvalue weighted by Gasteiger charge is 2.14. The van der Waals surface area contributed by atoms with Gasteiger partial charge < -0.3 is 10.4 Å². The highest BCUT2D eigenvalue weighted by molar-refractivity contribution is 5.34. The minimum Gasteiger partial charge on any atom is -0.392 e. The van der Waals surface area contributed by atoms with Gasteiger partial charge in [0, 0.05) is 18.2 Å². The summed E-state index contributed by atoms with van der Waals surface area (Å²) >= 11 is 0. The molecule has 0 aromatic heterocycles. The van der Waals surface area contributed by atoms with Crippen LogP contribution in [0.3, 0.4) is 0 Å². The molecule has 2 N–H and O–H groups in total. The van der Waals surface area contributed by atoms with Crippen LogP contribution >= 0.6 is 0 Å². The first-order valence-corrected chi connectivity index (χ1v) is 6.06. The number of aliphatic hydroxyl groups is 1. The van der Waals surface area contributed by atoms with Crippen molar-refractivity contribution in [1.29, 1.82) is 5.26 Å². The SMILES string of the molecule is CC(NCC(O)C(C)C)c1ccc(C#N)cc1F. The molecule has 1 aromatic carbocycles. The summed E-state index contributed by atoms with van der Waals surface area (Å²) in [6.45, 7) is 6.11. The van der Waals surface area contributed by atoms with E-state index in [2.05, 4.69) is 5.32 Å². The number of halogens is 1. The Kier molecular flexibility index (Phi) is 5.26. The van der Waals surface area contributed by atoms with Crippen molar-refractivity contribution in [3.05, 3.63) is 35.1 Å². The smallest absolute Gasteiger partial charge is 0.129 e. The molecular formula is C14H19FN2O. The van der Waals surface area contributed by atoms with Crippen LogP contribution in [0.4, 0.5) is 4.39 Å². The summed E-state index contributed by atoms with van der Waals surface area (Å²) < 4.78 is 13.7. The third-order valence-electron chi connectivity index (χ3n) is 3.00.